The molecule has 5 rings (SSSR count). The van der Waals surface area contributed by atoms with Crippen LogP contribution < -0.4 is 4.90 Å². The molecule has 0 saturated heterocycles. The zero-order chi connectivity index (χ0) is 20.8. The topological polar surface area (TPSA) is 88.4 Å². The highest BCUT2D eigenvalue weighted by Gasteiger charge is 2.35. The molecule has 4 heterocycles. The second kappa shape index (κ2) is 7.05. The maximum Gasteiger partial charge on any atom is 0.165 e. The molecule has 0 fully saturated rings. The summed E-state index contributed by atoms with van der Waals surface area (Å²) in [4.78, 5) is 12.0. The van der Waals surface area contributed by atoms with Crippen LogP contribution in [0.4, 0.5) is 5.82 Å². The van der Waals surface area contributed by atoms with Gasteiger partial charge in [0.15, 0.2) is 17.5 Å². The van der Waals surface area contributed by atoms with Crippen LogP contribution in [0.1, 0.15) is 44.6 Å². The number of nitrogens with zero attached hydrogens (tertiary/aromatic N) is 7. The number of aryl methyl sites for hydroxylation is 1. The Kier molecular flexibility index (Phi) is 4.34. The minimum absolute atomic E-state index is 0.115. The third kappa shape index (κ3) is 2.79. The molecule has 0 unspecified atom stereocenters. The Labute approximate surface area is 175 Å². The first-order valence-electron chi connectivity index (χ1n) is 10.2. The average molecular weight is 400 g/mol. The molecule has 0 radical (unpaired) electrons. The first-order chi connectivity index (χ1) is 14.6. The zero-order valence-corrected chi connectivity index (χ0v) is 17.5. The number of benzene rings is 1. The smallest absolute Gasteiger partial charge is 0.165 e. The highest BCUT2D eigenvalue weighted by Crippen LogP contribution is 2.40. The first-order valence-corrected chi connectivity index (χ1v) is 10.2. The maximum atomic E-state index is 5.02. The Morgan fingerprint density at radius 1 is 1.13 bits per heavy atom. The van der Waals surface area contributed by atoms with Gasteiger partial charge in [0.1, 0.15) is 12.0 Å². The second-order valence-corrected chi connectivity index (χ2v) is 7.91. The van der Waals surface area contributed by atoms with Crippen molar-refractivity contribution in [1.82, 2.24) is 34.9 Å². The third-order valence-corrected chi connectivity index (χ3v) is 5.63. The van der Waals surface area contributed by atoms with Crippen LogP contribution in [0.2, 0.25) is 0 Å². The molecule has 1 aliphatic heterocycles. The number of anilines is 1. The van der Waals surface area contributed by atoms with Crippen molar-refractivity contribution in [1.29, 1.82) is 0 Å². The Balaban J connectivity index is 1.66. The number of aromatic nitrogens is 7. The van der Waals surface area contributed by atoms with Crippen molar-refractivity contribution in [3.63, 3.8) is 0 Å². The van der Waals surface area contributed by atoms with Crippen LogP contribution in [-0.4, -0.2) is 41.0 Å². The molecule has 8 nitrogen and oxygen atoms in total. The fraction of sp³-hybridized carbons (Fsp3) is 0.318. The molecule has 1 N–H and O–H groups in total. The lowest BCUT2D eigenvalue weighted by atomic mass is 10.1. The summed E-state index contributed by atoms with van der Waals surface area (Å²) in [5.41, 5.74) is 4.97. The monoisotopic (exact) mass is 400 g/mol. The van der Waals surface area contributed by atoms with Gasteiger partial charge in [-0.2, -0.15) is 5.10 Å². The average Bonchev–Trinajstić information content (AvgIpc) is 3.42. The SMILES string of the molecule is CC[C@@H]1c2nncn2-c2cnc(-c3cn[nH]c3-c3ccc(C)cc3)nc2N1C(C)C. The van der Waals surface area contributed by atoms with Crippen molar-refractivity contribution < 1.29 is 0 Å². The second-order valence-electron chi connectivity index (χ2n) is 7.91. The van der Waals surface area contributed by atoms with E-state index in [9.17, 15) is 0 Å². The summed E-state index contributed by atoms with van der Waals surface area (Å²) in [5.74, 6) is 2.47. The van der Waals surface area contributed by atoms with Gasteiger partial charge in [0.05, 0.1) is 29.7 Å². The van der Waals surface area contributed by atoms with Gasteiger partial charge in [-0.25, -0.2) is 9.97 Å². The molecule has 0 aliphatic carbocycles. The van der Waals surface area contributed by atoms with Gasteiger partial charge in [-0.15, -0.1) is 10.2 Å². The van der Waals surface area contributed by atoms with Gasteiger partial charge in [0.25, 0.3) is 0 Å². The van der Waals surface area contributed by atoms with E-state index in [0.717, 1.165) is 40.6 Å². The molecule has 0 amide bonds. The van der Waals surface area contributed by atoms with Gasteiger partial charge >= 0.3 is 0 Å². The summed E-state index contributed by atoms with van der Waals surface area (Å²) < 4.78 is 2.00. The van der Waals surface area contributed by atoms with E-state index in [4.69, 9.17) is 4.98 Å². The summed E-state index contributed by atoms with van der Waals surface area (Å²) in [5, 5.41) is 15.9. The van der Waals surface area contributed by atoms with E-state index in [-0.39, 0.29) is 12.1 Å². The minimum Gasteiger partial charge on any atom is -0.342 e. The molecule has 8 heteroatoms. The molecule has 3 aromatic heterocycles. The van der Waals surface area contributed by atoms with E-state index in [1.54, 1.807) is 12.5 Å². The van der Waals surface area contributed by atoms with E-state index in [2.05, 4.69) is 82.2 Å². The molecular weight excluding hydrogens is 376 g/mol. The molecule has 30 heavy (non-hydrogen) atoms. The largest absolute Gasteiger partial charge is 0.342 e. The van der Waals surface area contributed by atoms with E-state index in [1.165, 1.54) is 5.56 Å². The van der Waals surface area contributed by atoms with Crippen LogP contribution >= 0.6 is 0 Å². The van der Waals surface area contributed by atoms with E-state index >= 15 is 0 Å². The highest BCUT2D eigenvalue weighted by molar-refractivity contribution is 5.78. The van der Waals surface area contributed by atoms with E-state index in [0.29, 0.717) is 5.82 Å². The summed E-state index contributed by atoms with van der Waals surface area (Å²) in [6.07, 6.45) is 6.31. The van der Waals surface area contributed by atoms with Crippen molar-refractivity contribution in [2.24, 2.45) is 0 Å². The molecule has 0 spiro atoms. The summed E-state index contributed by atoms with van der Waals surface area (Å²) in [6, 6.07) is 8.72. The molecule has 1 aromatic carbocycles. The van der Waals surface area contributed by atoms with Crippen LogP contribution in [0.3, 0.4) is 0 Å². The standard InChI is InChI=1S/C22H24N8/c1-5-17-22-28-25-12-29(22)18-11-23-20(26-21(18)30(17)13(2)3)16-10-24-27-19(16)15-8-6-14(4)7-9-15/h6-13,17H,5H2,1-4H3,(H,24,27)/t17-/m1/s1. The molecule has 1 atom stereocenters. The number of hydrogen-bond donors (Lipinski definition) is 1. The van der Waals surface area contributed by atoms with Crippen LogP contribution in [0.15, 0.2) is 43.0 Å². The van der Waals surface area contributed by atoms with Gasteiger partial charge in [-0.1, -0.05) is 36.8 Å². The summed E-state index contributed by atoms with van der Waals surface area (Å²) >= 11 is 0. The molecule has 0 saturated carbocycles. The van der Waals surface area contributed by atoms with Gasteiger partial charge in [0.2, 0.25) is 0 Å². The van der Waals surface area contributed by atoms with E-state index < -0.39 is 0 Å². The van der Waals surface area contributed by atoms with E-state index in [1.807, 2.05) is 10.8 Å². The Bertz CT molecular complexity index is 1190. The number of hydrogen-bond acceptors (Lipinski definition) is 6. The predicted molar refractivity (Wildman–Crippen MR) is 115 cm³/mol. The summed E-state index contributed by atoms with van der Waals surface area (Å²) in [7, 11) is 0. The number of fused-ring (bicyclic) bond motifs is 3. The van der Waals surface area contributed by atoms with Gasteiger partial charge in [-0.3, -0.25) is 9.67 Å². The summed E-state index contributed by atoms with van der Waals surface area (Å²) in [6.45, 7) is 8.59. The number of nitrogens with one attached hydrogen (secondary N) is 1. The fourth-order valence-electron chi connectivity index (χ4n) is 4.16. The van der Waals surface area contributed by atoms with Crippen LogP contribution in [0.5, 0.6) is 0 Å². The van der Waals surface area contributed by atoms with Gasteiger partial charge in [0, 0.05) is 11.6 Å². The van der Waals surface area contributed by atoms with Gasteiger partial charge < -0.3 is 4.90 Å². The Hall–Kier alpha value is -3.55. The fourth-order valence-corrected chi connectivity index (χ4v) is 4.16. The number of rotatable bonds is 4. The van der Waals surface area contributed by atoms with Crippen molar-refractivity contribution in [2.75, 3.05) is 4.90 Å². The van der Waals surface area contributed by atoms with Crippen molar-refractivity contribution in [3.8, 4) is 28.3 Å². The van der Waals surface area contributed by atoms with Gasteiger partial charge in [-0.05, 0) is 27.2 Å². The lowest BCUT2D eigenvalue weighted by molar-refractivity contribution is 0.497. The predicted octanol–water partition coefficient (Wildman–Crippen LogP) is 4.10. The zero-order valence-electron chi connectivity index (χ0n) is 17.5. The number of H-pyrrole nitrogens is 1. The third-order valence-electron chi connectivity index (χ3n) is 5.63. The first kappa shape index (κ1) is 18.5. The molecule has 4 aromatic rings. The molecular formula is C22H24N8. The van der Waals surface area contributed by atoms with Crippen molar-refractivity contribution >= 4 is 5.82 Å². The normalized spacial score (nSPS) is 15.4. The Morgan fingerprint density at radius 2 is 1.93 bits per heavy atom. The highest BCUT2D eigenvalue weighted by atomic mass is 15.4. The van der Waals surface area contributed by atoms with Crippen LogP contribution in [0.25, 0.3) is 28.3 Å². The molecule has 1 aliphatic rings. The molecule has 152 valence electrons. The van der Waals surface area contributed by atoms with Crippen LogP contribution in [-0.2, 0) is 0 Å². The molecule has 0 bridgehead atoms. The van der Waals surface area contributed by atoms with Crippen LogP contribution in [0, 0.1) is 6.92 Å². The lowest BCUT2D eigenvalue weighted by Crippen LogP contribution is -2.40. The van der Waals surface area contributed by atoms with Crippen molar-refractivity contribution in [3.05, 3.63) is 54.4 Å². The van der Waals surface area contributed by atoms with Crippen molar-refractivity contribution in [2.45, 2.75) is 46.2 Å². The Morgan fingerprint density at radius 3 is 2.67 bits per heavy atom. The number of aromatic amines is 1. The minimum atomic E-state index is 0.115. The lowest BCUT2D eigenvalue weighted by Gasteiger charge is -2.39. The maximum absolute atomic E-state index is 5.02. The quantitative estimate of drug-likeness (QED) is 0.555.